The second-order valence-corrected chi connectivity index (χ2v) is 7.95. The minimum Gasteiger partial charge on any atom is -0.343 e. The maximum Gasteiger partial charge on any atom is 0.227 e. The van der Waals surface area contributed by atoms with Crippen LogP contribution in [0, 0.1) is 12.8 Å². The molecule has 1 heterocycles. The molecule has 3 rings (SSSR count). The maximum absolute atomic E-state index is 12.5. The molecule has 142 valence electrons. The van der Waals surface area contributed by atoms with E-state index < -0.39 is 0 Å². The van der Waals surface area contributed by atoms with Crippen LogP contribution in [0.1, 0.15) is 30.4 Å². The number of aryl methyl sites for hydroxylation is 2. The summed E-state index contributed by atoms with van der Waals surface area (Å²) in [6.45, 7) is 3.33. The molecular formula is C22H25BrN2O2. The lowest BCUT2D eigenvalue weighted by Gasteiger charge is -2.31. The van der Waals surface area contributed by atoms with Gasteiger partial charge >= 0.3 is 0 Å². The summed E-state index contributed by atoms with van der Waals surface area (Å²) < 4.78 is 0.985. The Morgan fingerprint density at radius 1 is 1.11 bits per heavy atom. The summed E-state index contributed by atoms with van der Waals surface area (Å²) in [5, 5.41) is 3.00. The smallest absolute Gasteiger partial charge is 0.227 e. The largest absolute Gasteiger partial charge is 0.343 e. The molecular weight excluding hydrogens is 404 g/mol. The highest BCUT2D eigenvalue weighted by atomic mass is 79.9. The van der Waals surface area contributed by atoms with Gasteiger partial charge < -0.3 is 10.2 Å². The SMILES string of the molecule is Cc1ccc(NC(=O)C2CCN(C(=O)CCc3ccccc3)CC2)cc1Br. The number of carbonyl (C=O) groups is 2. The zero-order valence-corrected chi connectivity index (χ0v) is 17.2. The Morgan fingerprint density at radius 3 is 2.48 bits per heavy atom. The molecule has 1 fully saturated rings. The predicted octanol–water partition coefficient (Wildman–Crippen LogP) is 4.57. The van der Waals surface area contributed by atoms with E-state index in [2.05, 4.69) is 21.2 Å². The Morgan fingerprint density at radius 2 is 1.81 bits per heavy atom. The fraction of sp³-hybridized carbons (Fsp3) is 0.364. The zero-order chi connectivity index (χ0) is 19.2. The van der Waals surface area contributed by atoms with Crippen LogP contribution in [0.15, 0.2) is 53.0 Å². The van der Waals surface area contributed by atoms with Crippen LogP contribution in [0.4, 0.5) is 5.69 Å². The minimum absolute atomic E-state index is 0.0387. The van der Waals surface area contributed by atoms with E-state index in [-0.39, 0.29) is 17.7 Å². The average molecular weight is 429 g/mol. The van der Waals surface area contributed by atoms with Gasteiger partial charge in [0.2, 0.25) is 11.8 Å². The number of rotatable bonds is 5. The fourth-order valence-corrected chi connectivity index (χ4v) is 3.74. The number of halogens is 1. The Hall–Kier alpha value is -2.14. The van der Waals surface area contributed by atoms with E-state index >= 15 is 0 Å². The number of amides is 2. The lowest BCUT2D eigenvalue weighted by atomic mass is 9.95. The van der Waals surface area contributed by atoms with Gasteiger partial charge in [0, 0.05) is 35.6 Å². The first-order chi connectivity index (χ1) is 13.0. The van der Waals surface area contributed by atoms with Gasteiger partial charge in [-0.3, -0.25) is 9.59 Å². The molecule has 2 amide bonds. The van der Waals surface area contributed by atoms with Gasteiger partial charge in [-0.2, -0.15) is 0 Å². The van der Waals surface area contributed by atoms with E-state index in [0.717, 1.165) is 35.0 Å². The molecule has 0 aliphatic carbocycles. The van der Waals surface area contributed by atoms with Crippen molar-refractivity contribution in [1.29, 1.82) is 0 Å². The minimum atomic E-state index is -0.0387. The van der Waals surface area contributed by atoms with Crippen LogP contribution in [-0.2, 0) is 16.0 Å². The average Bonchev–Trinajstić information content (AvgIpc) is 2.70. The van der Waals surface area contributed by atoms with Crippen molar-refractivity contribution >= 4 is 33.4 Å². The lowest BCUT2D eigenvalue weighted by Crippen LogP contribution is -2.41. The van der Waals surface area contributed by atoms with Crippen LogP contribution in [0.2, 0.25) is 0 Å². The van der Waals surface area contributed by atoms with Gasteiger partial charge in [0.25, 0.3) is 0 Å². The number of benzene rings is 2. The van der Waals surface area contributed by atoms with Crippen molar-refractivity contribution in [2.24, 2.45) is 5.92 Å². The molecule has 5 heteroatoms. The van der Waals surface area contributed by atoms with Crippen molar-refractivity contribution in [3.8, 4) is 0 Å². The van der Waals surface area contributed by atoms with Crippen LogP contribution in [0.25, 0.3) is 0 Å². The van der Waals surface area contributed by atoms with Crippen molar-refractivity contribution < 1.29 is 9.59 Å². The van der Waals surface area contributed by atoms with Crippen molar-refractivity contribution in [2.75, 3.05) is 18.4 Å². The van der Waals surface area contributed by atoms with Crippen molar-refractivity contribution in [2.45, 2.75) is 32.6 Å². The number of hydrogen-bond donors (Lipinski definition) is 1. The second-order valence-electron chi connectivity index (χ2n) is 7.09. The highest BCUT2D eigenvalue weighted by Crippen LogP contribution is 2.23. The van der Waals surface area contributed by atoms with Crippen molar-refractivity contribution in [3.05, 3.63) is 64.1 Å². The van der Waals surface area contributed by atoms with E-state index in [4.69, 9.17) is 0 Å². The number of hydrogen-bond acceptors (Lipinski definition) is 2. The second kappa shape index (κ2) is 9.18. The fourth-order valence-electron chi connectivity index (χ4n) is 3.36. The Labute approximate surface area is 169 Å². The molecule has 2 aromatic rings. The Kier molecular flexibility index (Phi) is 6.67. The van der Waals surface area contributed by atoms with Gasteiger partial charge in [0.05, 0.1) is 0 Å². The molecule has 4 nitrogen and oxygen atoms in total. The van der Waals surface area contributed by atoms with Crippen molar-refractivity contribution in [3.63, 3.8) is 0 Å². The monoisotopic (exact) mass is 428 g/mol. The molecule has 0 bridgehead atoms. The molecule has 1 aliphatic rings. The first-order valence-electron chi connectivity index (χ1n) is 9.41. The molecule has 0 atom stereocenters. The van der Waals surface area contributed by atoms with Gasteiger partial charge in [0.15, 0.2) is 0 Å². The molecule has 1 saturated heterocycles. The molecule has 0 aromatic heterocycles. The summed E-state index contributed by atoms with van der Waals surface area (Å²) >= 11 is 3.49. The van der Waals surface area contributed by atoms with Gasteiger partial charge in [-0.25, -0.2) is 0 Å². The summed E-state index contributed by atoms with van der Waals surface area (Å²) in [5.41, 5.74) is 3.12. The van der Waals surface area contributed by atoms with E-state index in [1.807, 2.05) is 60.4 Å². The van der Waals surface area contributed by atoms with Crippen LogP contribution < -0.4 is 5.32 Å². The third-order valence-corrected chi connectivity index (χ3v) is 5.98. The quantitative estimate of drug-likeness (QED) is 0.757. The highest BCUT2D eigenvalue weighted by molar-refractivity contribution is 9.10. The maximum atomic E-state index is 12.5. The summed E-state index contributed by atoms with van der Waals surface area (Å²) in [4.78, 5) is 26.8. The normalized spacial score (nSPS) is 14.8. The summed E-state index contributed by atoms with van der Waals surface area (Å²) in [6, 6.07) is 15.9. The summed E-state index contributed by atoms with van der Waals surface area (Å²) in [6.07, 6.45) is 2.73. The number of piperidine rings is 1. The van der Waals surface area contributed by atoms with Crippen molar-refractivity contribution in [1.82, 2.24) is 4.90 Å². The number of carbonyl (C=O) groups excluding carboxylic acids is 2. The van der Waals surface area contributed by atoms with E-state index in [9.17, 15) is 9.59 Å². The molecule has 0 spiro atoms. The van der Waals surface area contributed by atoms with E-state index in [0.29, 0.717) is 19.5 Å². The molecule has 1 N–H and O–H groups in total. The van der Waals surface area contributed by atoms with Crippen LogP contribution >= 0.6 is 15.9 Å². The number of likely N-dealkylation sites (tertiary alicyclic amines) is 1. The first-order valence-corrected chi connectivity index (χ1v) is 10.2. The van der Waals surface area contributed by atoms with E-state index in [1.54, 1.807) is 0 Å². The lowest BCUT2D eigenvalue weighted by molar-refractivity contribution is -0.134. The number of anilines is 1. The topological polar surface area (TPSA) is 49.4 Å². The Bertz CT molecular complexity index is 799. The van der Waals surface area contributed by atoms with Gasteiger partial charge in [-0.1, -0.05) is 52.3 Å². The third kappa shape index (κ3) is 5.42. The summed E-state index contributed by atoms with van der Waals surface area (Å²) in [7, 11) is 0. The number of nitrogens with one attached hydrogen (secondary N) is 1. The van der Waals surface area contributed by atoms with Crippen LogP contribution in [0.3, 0.4) is 0 Å². The molecule has 1 aliphatic heterocycles. The summed E-state index contributed by atoms with van der Waals surface area (Å²) in [5.74, 6) is 0.186. The molecule has 2 aromatic carbocycles. The molecule has 27 heavy (non-hydrogen) atoms. The predicted molar refractivity (Wildman–Crippen MR) is 112 cm³/mol. The van der Waals surface area contributed by atoms with Gasteiger partial charge in [-0.05, 0) is 49.4 Å². The molecule has 0 saturated carbocycles. The Balaban J connectivity index is 1.45. The third-order valence-electron chi connectivity index (χ3n) is 5.13. The van der Waals surface area contributed by atoms with Crippen LogP contribution in [0.5, 0.6) is 0 Å². The molecule has 0 radical (unpaired) electrons. The highest BCUT2D eigenvalue weighted by Gasteiger charge is 2.27. The van der Waals surface area contributed by atoms with E-state index in [1.165, 1.54) is 5.56 Å². The zero-order valence-electron chi connectivity index (χ0n) is 15.6. The molecule has 0 unspecified atom stereocenters. The van der Waals surface area contributed by atoms with Gasteiger partial charge in [-0.15, -0.1) is 0 Å². The number of nitrogens with zero attached hydrogens (tertiary/aromatic N) is 1. The first kappa shape index (κ1) is 19.6. The van der Waals surface area contributed by atoms with Crippen LogP contribution in [-0.4, -0.2) is 29.8 Å². The van der Waals surface area contributed by atoms with Gasteiger partial charge in [0.1, 0.15) is 0 Å². The standard InChI is InChI=1S/C22H25BrN2O2/c1-16-7-9-19(15-20(16)23)24-22(27)18-11-13-25(14-12-18)21(26)10-8-17-5-3-2-4-6-17/h2-7,9,15,18H,8,10-14H2,1H3,(H,24,27).